The number of carbonyl (C=O) groups excluding carboxylic acids is 1. The van der Waals surface area contributed by atoms with Crippen LogP contribution in [0.1, 0.15) is 34.1 Å². The zero-order chi connectivity index (χ0) is 13.9. The second-order valence-electron chi connectivity index (χ2n) is 4.20. The fraction of sp³-hybridized carbons (Fsp3) is 0.700. The number of ether oxygens (including phenoxy) is 1. The predicted molar refractivity (Wildman–Crippen MR) is 61.7 cm³/mol. The lowest BCUT2D eigenvalue weighted by Crippen LogP contribution is -2.43. The van der Waals surface area contributed by atoms with E-state index in [0.717, 1.165) is 0 Å². The summed E-state index contributed by atoms with van der Waals surface area (Å²) in [6.07, 6.45) is -0.477. The van der Waals surface area contributed by atoms with Gasteiger partial charge in [-0.2, -0.15) is 8.42 Å². The van der Waals surface area contributed by atoms with E-state index in [0.29, 0.717) is 6.42 Å². The van der Waals surface area contributed by atoms with Gasteiger partial charge in [0.2, 0.25) is 0 Å². The average molecular weight is 266 g/mol. The Bertz CT molecular complexity index is 395. The molecule has 0 saturated heterocycles. The molecule has 7 heteroatoms. The summed E-state index contributed by atoms with van der Waals surface area (Å²) >= 11 is 0. The van der Waals surface area contributed by atoms with Gasteiger partial charge in [0.25, 0.3) is 0 Å². The van der Waals surface area contributed by atoms with Gasteiger partial charge in [0.05, 0.1) is 0 Å². The number of rotatable bonds is 6. The summed E-state index contributed by atoms with van der Waals surface area (Å²) in [6.45, 7) is 9.40. The maximum atomic E-state index is 11.3. The van der Waals surface area contributed by atoms with Crippen molar-refractivity contribution in [2.75, 3.05) is 0 Å². The van der Waals surface area contributed by atoms with Crippen LogP contribution in [0.5, 0.6) is 0 Å². The van der Waals surface area contributed by atoms with Gasteiger partial charge >= 0.3 is 16.4 Å². The van der Waals surface area contributed by atoms with Crippen molar-refractivity contribution in [3.8, 4) is 0 Å². The highest BCUT2D eigenvalue weighted by atomic mass is 32.3. The van der Waals surface area contributed by atoms with E-state index in [2.05, 4.69) is 10.8 Å². The summed E-state index contributed by atoms with van der Waals surface area (Å²) < 4.78 is 39.5. The number of hydrogen-bond acceptors (Lipinski definition) is 5. The number of esters is 1. The van der Waals surface area contributed by atoms with E-state index < -0.39 is 28.1 Å². The summed E-state index contributed by atoms with van der Waals surface area (Å²) in [5.74, 6) is -0.635. The highest BCUT2D eigenvalue weighted by Crippen LogP contribution is 2.23. The van der Waals surface area contributed by atoms with Crippen LogP contribution in [0.15, 0.2) is 12.2 Å². The molecule has 100 valence electrons. The third-order valence-corrected chi connectivity index (χ3v) is 2.70. The summed E-state index contributed by atoms with van der Waals surface area (Å²) in [5.41, 5.74) is -1.15. The van der Waals surface area contributed by atoms with Crippen molar-refractivity contribution in [3.05, 3.63) is 12.2 Å². The van der Waals surface area contributed by atoms with E-state index in [1.54, 1.807) is 6.92 Å². The standard InChI is InChI=1S/C10H18O6S/c1-6-8(15-9(11)7(2)3)10(4,5)16-17(12,13)14/h8H,2,6H2,1,3-5H3,(H,12,13,14). The molecule has 0 heterocycles. The van der Waals surface area contributed by atoms with Crippen LogP contribution in [-0.2, 0) is 24.1 Å². The SMILES string of the molecule is C=C(C)C(=O)OC(CC)C(C)(C)OS(=O)(=O)O. The first-order valence-corrected chi connectivity index (χ1v) is 6.40. The Kier molecular flexibility index (Phi) is 5.31. The number of hydrogen-bond donors (Lipinski definition) is 1. The van der Waals surface area contributed by atoms with E-state index in [4.69, 9.17) is 9.29 Å². The van der Waals surface area contributed by atoms with E-state index in [1.807, 2.05) is 0 Å². The Hall–Kier alpha value is -0.920. The molecule has 0 aliphatic carbocycles. The van der Waals surface area contributed by atoms with Crippen molar-refractivity contribution in [3.63, 3.8) is 0 Å². The monoisotopic (exact) mass is 266 g/mol. The molecule has 17 heavy (non-hydrogen) atoms. The third kappa shape index (κ3) is 5.81. The molecule has 6 nitrogen and oxygen atoms in total. The predicted octanol–water partition coefficient (Wildman–Crippen LogP) is 1.48. The molecule has 0 amide bonds. The largest absolute Gasteiger partial charge is 0.456 e. The molecular weight excluding hydrogens is 248 g/mol. The third-order valence-electron chi connectivity index (χ3n) is 2.06. The Labute approximate surface area is 102 Å². The summed E-state index contributed by atoms with van der Waals surface area (Å²) in [5, 5.41) is 0. The van der Waals surface area contributed by atoms with Crippen LogP contribution >= 0.6 is 0 Å². The van der Waals surface area contributed by atoms with Gasteiger partial charge in [-0.25, -0.2) is 8.98 Å². The number of carbonyl (C=O) groups is 1. The van der Waals surface area contributed by atoms with Crippen molar-refractivity contribution >= 4 is 16.4 Å². The lowest BCUT2D eigenvalue weighted by atomic mass is 9.99. The smallest absolute Gasteiger partial charge is 0.398 e. The fourth-order valence-electron chi connectivity index (χ4n) is 1.27. The molecule has 0 aromatic carbocycles. The highest BCUT2D eigenvalue weighted by Gasteiger charge is 2.36. The minimum Gasteiger partial charge on any atom is -0.456 e. The van der Waals surface area contributed by atoms with Gasteiger partial charge in [-0.3, -0.25) is 4.55 Å². The fourth-order valence-corrected chi connectivity index (χ4v) is 1.92. The minimum absolute atomic E-state index is 0.200. The van der Waals surface area contributed by atoms with Crippen LogP contribution in [-0.4, -0.2) is 30.6 Å². The summed E-state index contributed by atoms with van der Waals surface area (Å²) in [6, 6.07) is 0. The van der Waals surface area contributed by atoms with Crippen molar-refractivity contribution in [2.45, 2.75) is 45.8 Å². The molecule has 0 aromatic rings. The van der Waals surface area contributed by atoms with E-state index >= 15 is 0 Å². The first kappa shape index (κ1) is 16.1. The minimum atomic E-state index is -4.61. The van der Waals surface area contributed by atoms with Crippen LogP contribution in [0, 0.1) is 0 Å². The molecular formula is C10H18O6S. The molecule has 0 rings (SSSR count). The van der Waals surface area contributed by atoms with Gasteiger partial charge in [0.1, 0.15) is 11.7 Å². The zero-order valence-corrected chi connectivity index (χ0v) is 11.2. The Morgan fingerprint density at radius 1 is 1.47 bits per heavy atom. The molecule has 0 spiro atoms. The molecule has 0 bridgehead atoms. The Morgan fingerprint density at radius 2 is 1.94 bits per heavy atom. The Balaban J connectivity index is 4.86. The van der Waals surface area contributed by atoms with Crippen molar-refractivity contribution in [1.82, 2.24) is 0 Å². The molecule has 0 fully saturated rings. The van der Waals surface area contributed by atoms with Gasteiger partial charge in [0.15, 0.2) is 0 Å². The molecule has 1 unspecified atom stereocenters. The van der Waals surface area contributed by atoms with Crippen molar-refractivity contribution in [1.29, 1.82) is 0 Å². The van der Waals surface area contributed by atoms with E-state index in [1.165, 1.54) is 20.8 Å². The summed E-state index contributed by atoms with van der Waals surface area (Å²) in [4.78, 5) is 11.3. The van der Waals surface area contributed by atoms with Gasteiger partial charge in [0, 0.05) is 5.57 Å². The molecule has 1 atom stereocenters. The van der Waals surface area contributed by atoms with Gasteiger partial charge < -0.3 is 4.74 Å². The van der Waals surface area contributed by atoms with Crippen LogP contribution in [0.4, 0.5) is 0 Å². The Morgan fingerprint density at radius 3 is 2.24 bits per heavy atom. The van der Waals surface area contributed by atoms with Crippen molar-refractivity contribution in [2.24, 2.45) is 0 Å². The van der Waals surface area contributed by atoms with Crippen LogP contribution in [0.25, 0.3) is 0 Å². The molecule has 1 N–H and O–H groups in total. The second-order valence-corrected chi connectivity index (χ2v) is 5.22. The highest BCUT2D eigenvalue weighted by molar-refractivity contribution is 7.80. The van der Waals surface area contributed by atoms with Crippen LogP contribution < -0.4 is 0 Å². The first-order chi connectivity index (χ1) is 7.49. The van der Waals surface area contributed by atoms with E-state index in [9.17, 15) is 13.2 Å². The topological polar surface area (TPSA) is 89.9 Å². The quantitative estimate of drug-likeness (QED) is 0.445. The van der Waals surface area contributed by atoms with Crippen LogP contribution in [0.3, 0.4) is 0 Å². The summed E-state index contributed by atoms with van der Waals surface area (Å²) in [7, 11) is -4.61. The lowest BCUT2D eigenvalue weighted by molar-refractivity contribution is -0.155. The molecule has 0 aromatic heterocycles. The first-order valence-electron chi connectivity index (χ1n) is 5.04. The van der Waals surface area contributed by atoms with Gasteiger partial charge in [-0.15, -0.1) is 0 Å². The molecule has 0 aliphatic heterocycles. The molecule has 0 radical (unpaired) electrons. The van der Waals surface area contributed by atoms with E-state index in [-0.39, 0.29) is 5.57 Å². The molecule has 0 aliphatic rings. The lowest BCUT2D eigenvalue weighted by Gasteiger charge is -2.31. The maximum Gasteiger partial charge on any atom is 0.398 e. The van der Waals surface area contributed by atoms with Gasteiger partial charge in [-0.05, 0) is 27.2 Å². The normalized spacial score (nSPS) is 14.2. The van der Waals surface area contributed by atoms with Crippen LogP contribution in [0.2, 0.25) is 0 Å². The van der Waals surface area contributed by atoms with Gasteiger partial charge in [-0.1, -0.05) is 13.5 Å². The second kappa shape index (κ2) is 5.61. The molecule has 0 saturated carbocycles. The zero-order valence-electron chi connectivity index (χ0n) is 10.4. The maximum absolute atomic E-state index is 11.3. The van der Waals surface area contributed by atoms with Crippen molar-refractivity contribution < 1.29 is 26.7 Å². The average Bonchev–Trinajstić information content (AvgIpc) is 2.08.